The molecule has 8 heteroatoms. The number of aromatic nitrogens is 2. The average Bonchev–Trinajstić information content (AvgIpc) is 3.27. The van der Waals surface area contributed by atoms with Gasteiger partial charge in [-0.05, 0) is 32.3 Å². The highest BCUT2D eigenvalue weighted by atomic mass is 32.2. The summed E-state index contributed by atoms with van der Waals surface area (Å²) in [5, 5.41) is 4.70. The lowest BCUT2D eigenvalue weighted by Crippen LogP contribution is -2.50. The van der Waals surface area contributed by atoms with E-state index < -0.39 is 9.84 Å². The summed E-state index contributed by atoms with van der Waals surface area (Å²) in [5.74, 6) is 0.526. The Bertz CT molecular complexity index is 1040. The van der Waals surface area contributed by atoms with Crippen molar-refractivity contribution in [2.24, 2.45) is 0 Å². The first kappa shape index (κ1) is 21.9. The van der Waals surface area contributed by atoms with Gasteiger partial charge < -0.3 is 9.80 Å². The van der Waals surface area contributed by atoms with Crippen molar-refractivity contribution >= 4 is 21.4 Å². The van der Waals surface area contributed by atoms with Crippen molar-refractivity contribution in [3.63, 3.8) is 0 Å². The van der Waals surface area contributed by atoms with Crippen LogP contribution < -0.4 is 4.90 Å². The van der Waals surface area contributed by atoms with Crippen LogP contribution in [0.2, 0.25) is 0 Å². The molecule has 31 heavy (non-hydrogen) atoms. The van der Waals surface area contributed by atoms with Gasteiger partial charge in [-0.3, -0.25) is 9.48 Å². The Kier molecular flexibility index (Phi) is 6.10. The van der Waals surface area contributed by atoms with E-state index >= 15 is 0 Å². The SMILES string of the molecule is CC[C@H](C(=O)N1CCN(c2c(C)nn([C@@H]3CCS(=O)(=O)C3)c2C)CC1)c1ccccc1. The van der Waals surface area contributed by atoms with Crippen molar-refractivity contribution < 1.29 is 13.2 Å². The molecule has 3 heterocycles. The van der Waals surface area contributed by atoms with E-state index in [2.05, 4.69) is 11.8 Å². The van der Waals surface area contributed by atoms with E-state index in [1.165, 1.54) is 0 Å². The maximum absolute atomic E-state index is 13.2. The van der Waals surface area contributed by atoms with Crippen molar-refractivity contribution in [1.82, 2.24) is 14.7 Å². The molecule has 0 spiro atoms. The van der Waals surface area contributed by atoms with Crippen LogP contribution in [0, 0.1) is 13.8 Å². The van der Waals surface area contributed by atoms with E-state index in [9.17, 15) is 13.2 Å². The molecule has 168 valence electrons. The van der Waals surface area contributed by atoms with Gasteiger partial charge in [-0.15, -0.1) is 0 Å². The second-order valence-corrected chi connectivity index (χ2v) is 10.9. The molecule has 4 rings (SSSR count). The fourth-order valence-electron chi connectivity index (χ4n) is 5.04. The zero-order valence-corrected chi connectivity index (χ0v) is 19.4. The predicted octanol–water partition coefficient (Wildman–Crippen LogP) is 2.70. The summed E-state index contributed by atoms with van der Waals surface area (Å²) < 4.78 is 25.7. The van der Waals surface area contributed by atoms with E-state index in [0.29, 0.717) is 19.5 Å². The third kappa shape index (κ3) is 4.35. The minimum atomic E-state index is -2.96. The van der Waals surface area contributed by atoms with Crippen LogP contribution in [0.5, 0.6) is 0 Å². The standard InChI is InChI=1S/C23H32N4O3S/c1-4-21(19-8-6-5-7-9-19)23(28)26-13-11-25(12-14-26)22-17(2)24-27(18(22)3)20-10-15-31(29,30)16-20/h5-9,20-21H,4,10-16H2,1-3H3/t20-,21+/m1/s1. The van der Waals surface area contributed by atoms with Crippen LogP contribution in [0.1, 0.15) is 48.7 Å². The van der Waals surface area contributed by atoms with Gasteiger partial charge in [0.25, 0.3) is 0 Å². The Morgan fingerprint density at radius 2 is 1.81 bits per heavy atom. The first-order valence-corrected chi connectivity index (χ1v) is 13.0. The van der Waals surface area contributed by atoms with Crippen LogP contribution in [0.15, 0.2) is 30.3 Å². The zero-order chi connectivity index (χ0) is 22.2. The van der Waals surface area contributed by atoms with E-state index in [-0.39, 0.29) is 29.4 Å². The van der Waals surface area contributed by atoms with Gasteiger partial charge in [-0.25, -0.2) is 8.42 Å². The highest BCUT2D eigenvalue weighted by molar-refractivity contribution is 7.91. The van der Waals surface area contributed by atoms with Crippen LogP contribution in [0.25, 0.3) is 0 Å². The number of anilines is 1. The van der Waals surface area contributed by atoms with E-state index in [1.807, 2.05) is 53.8 Å². The molecule has 1 amide bonds. The Labute approximate surface area is 184 Å². The summed E-state index contributed by atoms with van der Waals surface area (Å²) in [6, 6.07) is 9.95. The van der Waals surface area contributed by atoms with Gasteiger partial charge in [-0.1, -0.05) is 37.3 Å². The molecule has 0 aliphatic carbocycles. The second kappa shape index (κ2) is 8.65. The number of aryl methyl sites for hydroxylation is 1. The molecule has 0 bridgehead atoms. The molecule has 1 aromatic carbocycles. The van der Waals surface area contributed by atoms with E-state index in [1.54, 1.807) is 0 Å². The Balaban J connectivity index is 1.45. The lowest BCUT2D eigenvalue weighted by atomic mass is 9.95. The molecular weight excluding hydrogens is 412 g/mol. The minimum Gasteiger partial charge on any atom is -0.365 e. The number of hydrogen-bond donors (Lipinski definition) is 0. The van der Waals surface area contributed by atoms with Gasteiger partial charge in [0, 0.05) is 26.2 Å². The zero-order valence-electron chi connectivity index (χ0n) is 18.6. The molecule has 1 aromatic heterocycles. The smallest absolute Gasteiger partial charge is 0.230 e. The summed E-state index contributed by atoms with van der Waals surface area (Å²) in [6.45, 7) is 8.97. The average molecular weight is 445 g/mol. The molecule has 2 saturated heterocycles. The maximum atomic E-state index is 13.2. The van der Waals surface area contributed by atoms with Crippen molar-refractivity contribution in [2.45, 2.75) is 45.6 Å². The Morgan fingerprint density at radius 1 is 1.13 bits per heavy atom. The third-order valence-corrected chi connectivity index (χ3v) is 8.41. The monoisotopic (exact) mass is 444 g/mol. The number of hydrogen-bond acceptors (Lipinski definition) is 5. The molecular formula is C23H32N4O3S. The maximum Gasteiger partial charge on any atom is 0.230 e. The largest absolute Gasteiger partial charge is 0.365 e. The molecule has 2 aromatic rings. The lowest BCUT2D eigenvalue weighted by Gasteiger charge is -2.37. The normalized spacial score (nSPS) is 22.0. The minimum absolute atomic E-state index is 0.0727. The number of rotatable bonds is 5. The second-order valence-electron chi connectivity index (χ2n) is 8.70. The third-order valence-electron chi connectivity index (χ3n) is 6.66. The number of piperazine rings is 1. The highest BCUT2D eigenvalue weighted by Gasteiger charge is 2.33. The van der Waals surface area contributed by atoms with Crippen molar-refractivity contribution in [2.75, 3.05) is 42.6 Å². The summed E-state index contributed by atoms with van der Waals surface area (Å²) in [5.41, 5.74) is 4.12. The molecule has 2 aliphatic heterocycles. The molecule has 0 unspecified atom stereocenters. The van der Waals surface area contributed by atoms with Crippen molar-refractivity contribution in [1.29, 1.82) is 0 Å². The molecule has 0 radical (unpaired) electrons. The fraction of sp³-hybridized carbons (Fsp3) is 0.565. The summed E-state index contributed by atoms with van der Waals surface area (Å²) in [7, 11) is -2.96. The number of carbonyl (C=O) groups excluding carboxylic acids is 1. The first-order valence-electron chi connectivity index (χ1n) is 11.2. The number of amides is 1. The number of carbonyl (C=O) groups is 1. The van der Waals surface area contributed by atoms with Crippen molar-refractivity contribution in [3.8, 4) is 0 Å². The molecule has 0 saturated carbocycles. The number of sulfone groups is 1. The van der Waals surface area contributed by atoms with Crippen LogP contribution >= 0.6 is 0 Å². The summed E-state index contributed by atoms with van der Waals surface area (Å²) >= 11 is 0. The highest BCUT2D eigenvalue weighted by Crippen LogP contribution is 2.32. The summed E-state index contributed by atoms with van der Waals surface area (Å²) in [6.07, 6.45) is 1.42. The number of nitrogens with zero attached hydrogens (tertiary/aromatic N) is 4. The Morgan fingerprint density at radius 3 is 2.39 bits per heavy atom. The molecule has 7 nitrogen and oxygen atoms in total. The molecule has 2 atom stereocenters. The van der Waals surface area contributed by atoms with Gasteiger partial charge in [0.1, 0.15) is 0 Å². The molecule has 2 fully saturated rings. The lowest BCUT2D eigenvalue weighted by molar-refractivity contribution is -0.133. The van der Waals surface area contributed by atoms with Gasteiger partial charge in [0.05, 0.1) is 40.5 Å². The van der Waals surface area contributed by atoms with Gasteiger partial charge in [0.2, 0.25) is 5.91 Å². The van der Waals surface area contributed by atoms with Crippen LogP contribution in [-0.2, 0) is 14.6 Å². The quantitative estimate of drug-likeness (QED) is 0.709. The summed E-state index contributed by atoms with van der Waals surface area (Å²) in [4.78, 5) is 17.5. The van der Waals surface area contributed by atoms with Gasteiger partial charge >= 0.3 is 0 Å². The molecule has 0 N–H and O–H groups in total. The topological polar surface area (TPSA) is 75.5 Å². The van der Waals surface area contributed by atoms with Crippen LogP contribution in [0.3, 0.4) is 0 Å². The number of benzene rings is 1. The first-order chi connectivity index (χ1) is 14.8. The van der Waals surface area contributed by atoms with Gasteiger partial charge in [-0.2, -0.15) is 5.10 Å². The van der Waals surface area contributed by atoms with Crippen LogP contribution in [0.4, 0.5) is 5.69 Å². The predicted molar refractivity (Wildman–Crippen MR) is 122 cm³/mol. The van der Waals surface area contributed by atoms with Gasteiger partial charge in [0.15, 0.2) is 9.84 Å². The van der Waals surface area contributed by atoms with Crippen LogP contribution in [-0.4, -0.2) is 66.7 Å². The fourth-order valence-corrected chi connectivity index (χ4v) is 6.74. The van der Waals surface area contributed by atoms with E-state index in [4.69, 9.17) is 5.10 Å². The Hall–Kier alpha value is -2.35. The van der Waals surface area contributed by atoms with Crippen molar-refractivity contribution in [3.05, 3.63) is 47.3 Å². The van der Waals surface area contributed by atoms with E-state index in [0.717, 1.165) is 42.1 Å². The molecule has 2 aliphatic rings.